The molecule has 0 aliphatic heterocycles. The van der Waals surface area contributed by atoms with E-state index in [1.165, 1.54) is 17.6 Å². The van der Waals surface area contributed by atoms with Crippen LogP contribution in [0.2, 0.25) is 0 Å². The van der Waals surface area contributed by atoms with Gasteiger partial charge in [-0.3, -0.25) is 14.9 Å². The first-order valence-electron chi connectivity index (χ1n) is 9.49. The van der Waals surface area contributed by atoms with Gasteiger partial charge in [0.15, 0.2) is 5.13 Å². The van der Waals surface area contributed by atoms with Gasteiger partial charge in [0.1, 0.15) is 17.3 Å². The average molecular weight is 433 g/mol. The molecule has 0 aliphatic carbocycles. The fourth-order valence-corrected chi connectivity index (χ4v) is 3.57. The largest absolute Gasteiger partial charge is 0.469 e. The number of anilines is 2. The van der Waals surface area contributed by atoms with Crippen LogP contribution in [0.1, 0.15) is 21.8 Å². The van der Waals surface area contributed by atoms with Gasteiger partial charge >= 0.3 is 0 Å². The van der Waals surface area contributed by atoms with Crippen LogP contribution >= 0.6 is 11.3 Å². The van der Waals surface area contributed by atoms with Gasteiger partial charge in [-0.05, 0) is 37.3 Å². The maximum absolute atomic E-state index is 12.4. The van der Waals surface area contributed by atoms with Crippen LogP contribution in [0.4, 0.5) is 10.8 Å². The molecular formula is C23H19N3O4S. The third-order valence-electron chi connectivity index (χ3n) is 4.31. The molecule has 0 spiro atoms. The van der Waals surface area contributed by atoms with Crippen molar-refractivity contribution in [1.82, 2.24) is 4.98 Å². The Morgan fingerprint density at radius 3 is 2.61 bits per heavy atom. The van der Waals surface area contributed by atoms with Gasteiger partial charge in [0.05, 0.1) is 23.9 Å². The molecule has 0 radical (unpaired) electrons. The third kappa shape index (κ3) is 5.37. The maximum atomic E-state index is 12.4. The molecule has 0 fully saturated rings. The Bertz CT molecular complexity index is 1200. The van der Waals surface area contributed by atoms with Gasteiger partial charge in [0.25, 0.3) is 5.91 Å². The Hall–Kier alpha value is -3.91. The van der Waals surface area contributed by atoms with E-state index in [2.05, 4.69) is 15.6 Å². The minimum absolute atomic E-state index is 0.0842. The lowest BCUT2D eigenvalue weighted by atomic mass is 10.2. The summed E-state index contributed by atoms with van der Waals surface area (Å²) in [6, 6.07) is 18.2. The third-order valence-corrected chi connectivity index (χ3v) is 5.12. The highest BCUT2D eigenvalue weighted by molar-refractivity contribution is 7.14. The summed E-state index contributed by atoms with van der Waals surface area (Å²) in [4.78, 5) is 29.0. The van der Waals surface area contributed by atoms with Crippen molar-refractivity contribution < 1.29 is 18.7 Å². The highest BCUT2D eigenvalue weighted by Crippen LogP contribution is 2.24. The Labute approximate surface area is 182 Å². The van der Waals surface area contributed by atoms with Crippen molar-refractivity contribution in [3.8, 4) is 11.5 Å². The number of aryl methyl sites for hydroxylation is 1. The summed E-state index contributed by atoms with van der Waals surface area (Å²) in [5.41, 5.74) is 1.64. The smallest absolute Gasteiger partial charge is 0.260 e. The summed E-state index contributed by atoms with van der Waals surface area (Å²) < 4.78 is 10.9. The van der Waals surface area contributed by atoms with Crippen LogP contribution in [0.3, 0.4) is 0 Å². The highest BCUT2D eigenvalue weighted by atomic mass is 32.1. The summed E-state index contributed by atoms with van der Waals surface area (Å²) in [6.07, 6.45) is 1.54. The van der Waals surface area contributed by atoms with Crippen molar-refractivity contribution in [1.29, 1.82) is 0 Å². The van der Waals surface area contributed by atoms with Crippen molar-refractivity contribution in [2.45, 2.75) is 13.3 Å². The lowest BCUT2D eigenvalue weighted by Gasteiger charge is -2.08. The predicted molar refractivity (Wildman–Crippen MR) is 119 cm³/mol. The number of nitrogens with one attached hydrogen (secondary N) is 2. The van der Waals surface area contributed by atoms with Gasteiger partial charge < -0.3 is 14.5 Å². The Balaban J connectivity index is 1.34. The fraction of sp³-hybridized carbons (Fsp3) is 0.0870. The molecule has 31 heavy (non-hydrogen) atoms. The predicted octanol–water partition coefficient (Wildman–Crippen LogP) is 5.27. The zero-order valence-electron chi connectivity index (χ0n) is 16.6. The molecule has 0 unspecified atom stereocenters. The van der Waals surface area contributed by atoms with E-state index in [-0.39, 0.29) is 18.2 Å². The Kier molecular flexibility index (Phi) is 6.09. The Morgan fingerprint density at radius 2 is 1.84 bits per heavy atom. The van der Waals surface area contributed by atoms with Gasteiger partial charge in [-0.2, -0.15) is 0 Å². The molecule has 7 nitrogen and oxygen atoms in total. The second-order valence-corrected chi connectivity index (χ2v) is 7.51. The number of amides is 2. The monoisotopic (exact) mass is 433 g/mol. The number of hydrogen-bond acceptors (Lipinski definition) is 6. The van der Waals surface area contributed by atoms with Crippen LogP contribution in [0, 0.1) is 6.92 Å². The normalized spacial score (nSPS) is 10.5. The first-order valence-corrected chi connectivity index (χ1v) is 10.4. The molecule has 0 saturated heterocycles. The van der Waals surface area contributed by atoms with Crippen LogP contribution in [0.25, 0.3) is 0 Å². The summed E-state index contributed by atoms with van der Waals surface area (Å²) in [6.45, 7) is 1.71. The highest BCUT2D eigenvalue weighted by Gasteiger charge is 2.14. The number of carbonyl (C=O) groups is 2. The minimum atomic E-state index is -0.299. The van der Waals surface area contributed by atoms with E-state index in [9.17, 15) is 9.59 Å². The molecule has 0 atom stereocenters. The van der Waals surface area contributed by atoms with Crippen molar-refractivity contribution in [2.75, 3.05) is 10.6 Å². The van der Waals surface area contributed by atoms with Gasteiger partial charge in [-0.1, -0.05) is 24.3 Å². The van der Waals surface area contributed by atoms with Crippen molar-refractivity contribution in [2.24, 2.45) is 0 Å². The maximum Gasteiger partial charge on any atom is 0.260 e. The number of carbonyl (C=O) groups excluding carboxylic acids is 2. The van der Waals surface area contributed by atoms with Crippen molar-refractivity contribution >= 4 is 34.0 Å². The second kappa shape index (κ2) is 9.27. The van der Waals surface area contributed by atoms with Crippen LogP contribution in [-0.4, -0.2) is 16.8 Å². The number of benzene rings is 2. The van der Waals surface area contributed by atoms with E-state index >= 15 is 0 Å². The molecule has 4 rings (SSSR count). The number of thiazole rings is 1. The molecule has 2 N–H and O–H groups in total. The van der Waals surface area contributed by atoms with Gasteiger partial charge in [-0.25, -0.2) is 4.98 Å². The van der Waals surface area contributed by atoms with E-state index in [4.69, 9.17) is 9.15 Å². The number of nitrogens with zero attached hydrogens (tertiary/aromatic N) is 1. The molecule has 156 valence electrons. The minimum Gasteiger partial charge on any atom is -0.469 e. The SMILES string of the molecule is Cc1occc1C(=O)Nc1nc(CC(=O)Nc2cccc(Oc3ccccc3)c2)cs1. The first-order chi connectivity index (χ1) is 15.1. The van der Waals surface area contributed by atoms with E-state index in [1.807, 2.05) is 42.5 Å². The van der Waals surface area contributed by atoms with E-state index in [0.717, 1.165) is 0 Å². The molecule has 2 aromatic heterocycles. The first kappa shape index (κ1) is 20.4. The summed E-state index contributed by atoms with van der Waals surface area (Å²) in [7, 11) is 0. The van der Waals surface area contributed by atoms with Crippen LogP contribution in [-0.2, 0) is 11.2 Å². The molecule has 2 heterocycles. The fourth-order valence-electron chi connectivity index (χ4n) is 2.86. The number of furan rings is 1. The molecule has 2 aromatic carbocycles. The lowest BCUT2D eigenvalue weighted by molar-refractivity contribution is -0.115. The number of para-hydroxylation sites is 1. The standard InChI is InChI=1S/C23H19N3O4S/c1-15-20(10-11-29-15)22(28)26-23-25-17(14-31-23)13-21(27)24-16-6-5-9-19(12-16)30-18-7-3-2-4-8-18/h2-12,14H,13H2,1H3,(H,24,27)(H,25,26,28). The zero-order chi connectivity index (χ0) is 21.6. The number of rotatable bonds is 7. The summed E-state index contributed by atoms with van der Waals surface area (Å²) in [5, 5.41) is 7.73. The van der Waals surface area contributed by atoms with E-state index < -0.39 is 0 Å². The average Bonchev–Trinajstić information content (AvgIpc) is 3.37. The molecule has 8 heteroatoms. The Morgan fingerprint density at radius 1 is 1.03 bits per heavy atom. The topological polar surface area (TPSA) is 93.5 Å². The number of hydrogen-bond donors (Lipinski definition) is 2. The molecule has 0 saturated carbocycles. The van der Waals surface area contributed by atoms with Gasteiger partial charge in [0, 0.05) is 17.1 Å². The summed E-state index contributed by atoms with van der Waals surface area (Å²) >= 11 is 1.26. The molecular weight excluding hydrogens is 414 g/mol. The summed E-state index contributed by atoms with van der Waals surface area (Å²) in [5.74, 6) is 1.36. The van der Waals surface area contributed by atoms with E-state index in [0.29, 0.717) is 39.3 Å². The van der Waals surface area contributed by atoms with Crippen molar-refractivity contribution in [3.05, 3.63) is 89.3 Å². The van der Waals surface area contributed by atoms with Crippen LogP contribution in [0.15, 0.2) is 76.7 Å². The van der Waals surface area contributed by atoms with Crippen LogP contribution < -0.4 is 15.4 Å². The molecule has 0 bridgehead atoms. The van der Waals surface area contributed by atoms with Gasteiger partial charge in [-0.15, -0.1) is 11.3 Å². The molecule has 4 aromatic rings. The van der Waals surface area contributed by atoms with Crippen molar-refractivity contribution in [3.63, 3.8) is 0 Å². The van der Waals surface area contributed by atoms with Gasteiger partial charge in [0.2, 0.25) is 5.91 Å². The van der Waals surface area contributed by atoms with E-state index in [1.54, 1.807) is 30.5 Å². The van der Waals surface area contributed by atoms with Crippen LogP contribution in [0.5, 0.6) is 11.5 Å². The lowest BCUT2D eigenvalue weighted by Crippen LogP contribution is -2.15. The number of aromatic nitrogens is 1. The zero-order valence-corrected chi connectivity index (χ0v) is 17.4. The number of ether oxygens (including phenoxy) is 1. The quantitative estimate of drug-likeness (QED) is 0.414. The second-order valence-electron chi connectivity index (χ2n) is 6.66. The molecule has 2 amide bonds. The molecule has 0 aliphatic rings.